The van der Waals surface area contributed by atoms with Crippen molar-refractivity contribution >= 4 is 34.2 Å². The van der Waals surface area contributed by atoms with E-state index in [1.807, 2.05) is 29.5 Å². The number of pyridine rings is 1. The molecule has 0 amide bonds. The number of nitrogens with zero attached hydrogens (tertiary/aromatic N) is 1. The van der Waals surface area contributed by atoms with Crippen LogP contribution >= 0.6 is 22.6 Å². The molecular formula is C8H9IN2O. The Hall–Kier alpha value is -0.650. The van der Waals surface area contributed by atoms with Crippen molar-refractivity contribution in [1.82, 2.24) is 4.98 Å². The van der Waals surface area contributed by atoms with Gasteiger partial charge in [-0.05, 0) is 48.1 Å². The molecule has 1 aromatic heterocycles. The summed E-state index contributed by atoms with van der Waals surface area (Å²) in [5.74, 6) is 0.513. The molecule has 2 N–H and O–H groups in total. The fourth-order valence-corrected chi connectivity index (χ4v) is 1.65. The Morgan fingerprint density at radius 1 is 1.67 bits per heavy atom. The van der Waals surface area contributed by atoms with Gasteiger partial charge < -0.3 is 5.73 Å². The van der Waals surface area contributed by atoms with Crippen LogP contribution in [0.5, 0.6) is 0 Å². The van der Waals surface area contributed by atoms with Gasteiger partial charge in [0.15, 0.2) is 5.78 Å². The number of ketones is 1. The Morgan fingerprint density at radius 3 is 2.75 bits per heavy atom. The lowest BCUT2D eigenvalue weighted by Crippen LogP contribution is -2.03. The average molecular weight is 276 g/mol. The maximum absolute atomic E-state index is 11.0. The van der Waals surface area contributed by atoms with E-state index in [9.17, 15) is 4.79 Å². The minimum atomic E-state index is 0.0231. The van der Waals surface area contributed by atoms with Crippen molar-refractivity contribution in [3.05, 3.63) is 20.9 Å². The summed E-state index contributed by atoms with van der Waals surface area (Å²) in [5.41, 5.74) is 7.05. The van der Waals surface area contributed by atoms with Crippen molar-refractivity contribution in [2.75, 3.05) is 5.73 Å². The molecule has 0 aliphatic rings. The number of anilines is 1. The van der Waals surface area contributed by atoms with Gasteiger partial charge in [-0.3, -0.25) is 4.79 Å². The maximum atomic E-state index is 11.0. The number of hydrogen-bond donors (Lipinski definition) is 1. The number of hydrogen-bond acceptors (Lipinski definition) is 3. The summed E-state index contributed by atoms with van der Waals surface area (Å²) in [7, 11) is 0. The fourth-order valence-electron chi connectivity index (χ4n) is 0.851. The molecule has 0 aliphatic carbocycles. The van der Waals surface area contributed by atoms with E-state index in [2.05, 4.69) is 4.98 Å². The van der Waals surface area contributed by atoms with E-state index in [1.165, 1.54) is 6.92 Å². The number of nitrogens with two attached hydrogens (primary N) is 1. The normalized spacial score (nSPS) is 9.92. The molecule has 3 nitrogen and oxygen atoms in total. The highest BCUT2D eigenvalue weighted by molar-refractivity contribution is 14.1. The molecule has 64 valence electrons. The molecule has 0 spiro atoms. The predicted octanol–water partition coefficient (Wildman–Crippen LogP) is 1.78. The molecule has 0 aliphatic heterocycles. The molecule has 1 heterocycles. The van der Waals surface area contributed by atoms with Crippen molar-refractivity contribution in [3.8, 4) is 0 Å². The summed E-state index contributed by atoms with van der Waals surface area (Å²) in [6, 6.07) is 1.77. The monoisotopic (exact) mass is 276 g/mol. The van der Waals surface area contributed by atoms with Crippen LogP contribution in [-0.4, -0.2) is 10.8 Å². The first kappa shape index (κ1) is 9.44. The minimum absolute atomic E-state index is 0.0231. The Bertz CT molecular complexity index is 336. The Kier molecular flexibility index (Phi) is 2.66. The molecule has 0 saturated heterocycles. The van der Waals surface area contributed by atoms with E-state index < -0.39 is 0 Å². The van der Waals surface area contributed by atoms with E-state index in [4.69, 9.17) is 5.73 Å². The maximum Gasteiger partial charge on any atom is 0.162 e. The van der Waals surface area contributed by atoms with Gasteiger partial charge in [0.2, 0.25) is 0 Å². The first-order chi connectivity index (χ1) is 5.52. The molecule has 0 fully saturated rings. The van der Waals surface area contributed by atoms with Gasteiger partial charge in [0.05, 0.1) is 0 Å². The molecule has 0 bridgehead atoms. The van der Waals surface area contributed by atoms with E-state index in [0.29, 0.717) is 15.1 Å². The standard InChI is InChI=1S/C8H9IN2O/c1-4-3-6(5(2)12)7(9)11-8(4)10/h3H,1-2H3,(H2,10,11). The summed E-state index contributed by atoms with van der Waals surface area (Å²) in [6.45, 7) is 3.36. The van der Waals surface area contributed by atoms with Crippen molar-refractivity contribution in [3.63, 3.8) is 0 Å². The Labute approximate surface area is 84.5 Å². The van der Waals surface area contributed by atoms with Crippen molar-refractivity contribution in [1.29, 1.82) is 0 Å². The second-order valence-electron chi connectivity index (χ2n) is 2.59. The minimum Gasteiger partial charge on any atom is -0.383 e. The van der Waals surface area contributed by atoms with Gasteiger partial charge in [0, 0.05) is 5.56 Å². The lowest BCUT2D eigenvalue weighted by atomic mass is 10.1. The zero-order chi connectivity index (χ0) is 9.30. The van der Waals surface area contributed by atoms with Crippen LogP contribution in [0.2, 0.25) is 0 Å². The van der Waals surface area contributed by atoms with Crippen LogP contribution in [0.3, 0.4) is 0 Å². The van der Waals surface area contributed by atoms with Gasteiger partial charge in [-0.25, -0.2) is 4.98 Å². The van der Waals surface area contributed by atoms with Gasteiger partial charge >= 0.3 is 0 Å². The third-order valence-corrected chi connectivity index (χ3v) is 2.41. The summed E-state index contributed by atoms with van der Waals surface area (Å²) in [5, 5.41) is 0. The molecule has 0 aromatic carbocycles. The molecule has 4 heteroatoms. The number of rotatable bonds is 1. The molecule has 1 aromatic rings. The highest BCUT2D eigenvalue weighted by atomic mass is 127. The third kappa shape index (κ3) is 1.74. The third-order valence-electron chi connectivity index (χ3n) is 1.59. The molecule has 0 radical (unpaired) electrons. The van der Waals surface area contributed by atoms with E-state index >= 15 is 0 Å². The van der Waals surface area contributed by atoms with Crippen molar-refractivity contribution in [2.24, 2.45) is 0 Å². The second-order valence-corrected chi connectivity index (χ2v) is 3.61. The molecule has 0 saturated carbocycles. The lowest BCUT2D eigenvalue weighted by Gasteiger charge is -2.03. The highest BCUT2D eigenvalue weighted by Gasteiger charge is 2.08. The number of Topliss-reactive ketones (excluding diaryl/α,β-unsaturated/α-hetero) is 1. The summed E-state index contributed by atoms with van der Waals surface area (Å²) in [4.78, 5) is 15.1. The first-order valence-electron chi connectivity index (χ1n) is 3.46. The van der Waals surface area contributed by atoms with Gasteiger partial charge in [0.25, 0.3) is 0 Å². The quantitative estimate of drug-likeness (QED) is 0.483. The molecule has 0 unspecified atom stereocenters. The number of aryl methyl sites for hydroxylation is 1. The molecular weight excluding hydrogens is 267 g/mol. The Morgan fingerprint density at radius 2 is 2.25 bits per heavy atom. The van der Waals surface area contributed by atoms with Crippen LogP contribution in [-0.2, 0) is 0 Å². The largest absolute Gasteiger partial charge is 0.383 e. The van der Waals surface area contributed by atoms with Gasteiger partial charge in [0.1, 0.15) is 9.52 Å². The predicted molar refractivity (Wildman–Crippen MR) is 56.1 cm³/mol. The van der Waals surface area contributed by atoms with E-state index in [0.717, 1.165) is 5.56 Å². The number of halogens is 1. The lowest BCUT2D eigenvalue weighted by molar-refractivity contribution is 0.101. The van der Waals surface area contributed by atoms with Crippen molar-refractivity contribution < 1.29 is 4.79 Å². The van der Waals surface area contributed by atoms with Gasteiger partial charge in [-0.15, -0.1) is 0 Å². The number of aromatic nitrogens is 1. The van der Waals surface area contributed by atoms with Crippen LogP contribution < -0.4 is 5.73 Å². The molecule has 1 rings (SSSR count). The summed E-state index contributed by atoms with van der Waals surface area (Å²) >= 11 is 2.01. The summed E-state index contributed by atoms with van der Waals surface area (Å²) < 4.78 is 0.670. The topological polar surface area (TPSA) is 56.0 Å². The zero-order valence-corrected chi connectivity index (χ0v) is 9.05. The Balaban J connectivity index is 3.33. The average Bonchev–Trinajstić information content (AvgIpc) is 1.96. The number of carbonyl (C=O) groups is 1. The number of carbonyl (C=O) groups excluding carboxylic acids is 1. The van der Waals surface area contributed by atoms with Crippen LogP contribution in [0.1, 0.15) is 22.8 Å². The SMILES string of the molecule is CC(=O)c1cc(C)c(N)nc1I. The van der Waals surface area contributed by atoms with Gasteiger partial charge in [-0.2, -0.15) is 0 Å². The molecule has 0 atom stereocenters. The van der Waals surface area contributed by atoms with Crippen molar-refractivity contribution in [2.45, 2.75) is 13.8 Å². The fraction of sp³-hybridized carbons (Fsp3) is 0.250. The second kappa shape index (κ2) is 3.38. The number of nitrogen functional groups attached to an aromatic ring is 1. The summed E-state index contributed by atoms with van der Waals surface area (Å²) in [6.07, 6.45) is 0. The van der Waals surface area contributed by atoms with Crippen LogP contribution in [0.4, 0.5) is 5.82 Å². The molecule has 12 heavy (non-hydrogen) atoms. The van der Waals surface area contributed by atoms with Crippen LogP contribution in [0, 0.1) is 10.6 Å². The van der Waals surface area contributed by atoms with Gasteiger partial charge in [-0.1, -0.05) is 0 Å². The van der Waals surface area contributed by atoms with Crippen LogP contribution in [0.25, 0.3) is 0 Å². The first-order valence-corrected chi connectivity index (χ1v) is 4.54. The van der Waals surface area contributed by atoms with Crippen LogP contribution in [0.15, 0.2) is 6.07 Å². The smallest absolute Gasteiger partial charge is 0.162 e. The van der Waals surface area contributed by atoms with E-state index in [-0.39, 0.29) is 5.78 Å². The van der Waals surface area contributed by atoms with E-state index in [1.54, 1.807) is 6.07 Å². The zero-order valence-electron chi connectivity index (χ0n) is 6.89. The highest BCUT2D eigenvalue weighted by Crippen LogP contribution is 2.16.